The smallest absolute Gasteiger partial charge is 0.0931 e. The fourth-order valence-electron chi connectivity index (χ4n) is 1.61. The van der Waals surface area contributed by atoms with Gasteiger partial charge in [-0.15, -0.1) is 11.3 Å². The summed E-state index contributed by atoms with van der Waals surface area (Å²) in [5, 5.41) is 3.52. The average Bonchev–Trinajstić information content (AvgIpc) is 2.72. The first-order valence-corrected chi connectivity index (χ1v) is 7.51. The lowest BCUT2D eigenvalue weighted by Gasteiger charge is -2.17. The van der Waals surface area contributed by atoms with Crippen LogP contribution >= 0.6 is 22.9 Å². The van der Waals surface area contributed by atoms with Crippen LogP contribution in [-0.4, -0.2) is 25.8 Å². The minimum atomic E-state index is 0.399. The molecule has 0 radical (unpaired) electrons. The monoisotopic (exact) mass is 275 g/mol. The highest BCUT2D eigenvalue weighted by atomic mass is 35.5. The van der Waals surface area contributed by atoms with Gasteiger partial charge in [0.2, 0.25) is 0 Å². The van der Waals surface area contributed by atoms with Gasteiger partial charge in [0.15, 0.2) is 0 Å². The molecular weight excluding hydrogens is 254 g/mol. The van der Waals surface area contributed by atoms with Crippen molar-refractivity contribution in [3.63, 3.8) is 0 Å². The van der Waals surface area contributed by atoms with Crippen LogP contribution in [0, 0.1) is 0 Å². The van der Waals surface area contributed by atoms with E-state index < -0.39 is 0 Å². The molecule has 1 aromatic rings. The molecule has 1 aromatic heterocycles. The number of rotatable bonds is 9. The Labute approximate surface area is 113 Å². The van der Waals surface area contributed by atoms with Crippen molar-refractivity contribution in [2.24, 2.45) is 0 Å². The minimum absolute atomic E-state index is 0.399. The minimum Gasteiger partial charge on any atom is -0.380 e. The van der Waals surface area contributed by atoms with Crippen molar-refractivity contribution >= 4 is 22.9 Å². The van der Waals surface area contributed by atoms with Gasteiger partial charge in [0.1, 0.15) is 0 Å². The van der Waals surface area contributed by atoms with Gasteiger partial charge in [-0.1, -0.05) is 25.4 Å². The molecule has 1 unspecified atom stereocenters. The molecule has 0 saturated heterocycles. The highest BCUT2D eigenvalue weighted by Crippen LogP contribution is 2.22. The molecule has 1 N–H and O–H groups in total. The second-order valence-corrected chi connectivity index (χ2v) is 5.94. The van der Waals surface area contributed by atoms with Crippen molar-refractivity contribution in [2.45, 2.75) is 39.2 Å². The van der Waals surface area contributed by atoms with Crippen LogP contribution in [0.25, 0.3) is 0 Å². The van der Waals surface area contributed by atoms with Crippen LogP contribution in [0.4, 0.5) is 0 Å². The van der Waals surface area contributed by atoms with Gasteiger partial charge in [0.05, 0.1) is 10.9 Å². The Morgan fingerprint density at radius 2 is 2.18 bits per heavy atom. The van der Waals surface area contributed by atoms with Gasteiger partial charge in [-0.05, 0) is 37.9 Å². The SMILES string of the molecule is CCCNC(COCCC)Cc1ccc(Cl)s1. The van der Waals surface area contributed by atoms with E-state index in [1.807, 2.05) is 6.07 Å². The van der Waals surface area contributed by atoms with Crippen LogP contribution in [0.15, 0.2) is 12.1 Å². The van der Waals surface area contributed by atoms with Gasteiger partial charge in [-0.3, -0.25) is 0 Å². The number of thiophene rings is 1. The molecule has 4 heteroatoms. The molecule has 0 aliphatic rings. The molecule has 17 heavy (non-hydrogen) atoms. The summed E-state index contributed by atoms with van der Waals surface area (Å²) < 4.78 is 6.49. The second-order valence-electron chi connectivity index (χ2n) is 4.14. The van der Waals surface area contributed by atoms with E-state index in [9.17, 15) is 0 Å². The summed E-state index contributed by atoms with van der Waals surface area (Å²) in [4.78, 5) is 1.32. The fourth-order valence-corrected chi connectivity index (χ4v) is 2.78. The van der Waals surface area contributed by atoms with Gasteiger partial charge in [0, 0.05) is 17.5 Å². The third-order valence-electron chi connectivity index (χ3n) is 2.43. The van der Waals surface area contributed by atoms with E-state index in [4.69, 9.17) is 16.3 Å². The first-order valence-electron chi connectivity index (χ1n) is 6.31. The van der Waals surface area contributed by atoms with Crippen LogP contribution in [0.3, 0.4) is 0 Å². The molecule has 0 aliphatic heterocycles. The Balaban J connectivity index is 2.38. The van der Waals surface area contributed by atoms with Gasteiger partial charge < -0.3 is 10.1 Å². The summed E-state index contributed by atoms with van der Waals surface area (Å²) in [5.74, 6) is 0. The Hall–Kier alpha value is -0.0900. The summed E-state index contributed by atoms with van der Waals surface area (Å²) >= 11 is 7.60. The zero-order valence-corrected chi connectivity index (χ0v) is 12.2. The largest absolute Gasteiger partial charge is 0.380 e. The molecule has 0 aromatic carbocycles. The number of nitrogens with one attached hydrogen (secondary N) is 1. The number of hydrogen-bond donors (Lipinski definition) is 1. The topological polar surface area (TPSA) is 21.3 Å². The molecule has 0 saturated carbocycles. The second kappa shape index (κ2) is 8.92. The predicted molar refractivity (Wildman–Crippen MR) is 76.2 cm³/mol. The van der Waals surface area contributed by atoms with Crippen LogP contribution in [0.5, 0.6) is 0 Å². The molecule has 0 bridgehead atoms. The zero-order valence-electron chi connectivity index (χ0n) is 10.7. The maximum atomic E-state index is 5.94. The quantitative estimate of drug-likeness (QED) is 0.693. The summed E-state index contributed by atoms with van der Waals surface area (Å²) in [6.07, 6.45) is 3.22. The van der Waals surface area contributed by atoms with Crippen molar-refractivity contribution in [2.75, 3.05) is 19.8 Å². The summed E-state index contributed by atoms with van der Waals surface area (Å²) in [7, 11) is 0. The van der Waals surface area contributed by atoms with Crippen molar-refractivity contribution in [3.05, 3.63) is 21.3 Å². The van der Waals surface area contributed by atoms with E-state index in [-0.39, 0.29) is 0 Å². The van der Waals surface area contributed by atoms with Crippen LogP contribution in [0.1, 0.15) is 31.6 Å². The summed E-state index contributed by atoms with van der Waals surface area (Å²) in [6.45, 7) is 6.98. The maximum absolute atomic E-state index is 5.94. The molecule has 1 heterocycles. The normalized spacial score (nSPS) is 12.9. The highest BCUT2D eigenvalue weighted by Gasteiger charge is 2.10. The van der Waals surface area contributed by atoms with E-state index in [2.05, 4.69) is 25.2 Å². The standard InChI is InChI=1S/C13H22ClNOS/c1-3-7-15-11(10-16-8-4-2)9-12-5-6-13(14)17-12/h5-6,11,15H,3-4,7-10H2,1-2H3. The lowest BCUT2D eigenvalue weighted by Crippen LogP contribution is -2.35. The van der Waals surface area contributed by atoms with Crippen molar-refractivity contribution in [1.82, 2.24) is 5.32 Å². The molecule has 2 nitrogen and oxygen atoms in total. The van der Waals surface area contributed by atoms with Gasteiger partial charge >= 0.3 is 0 Å². The van der Waals surface area contributed by atoms with Crippen LogP contribution in [0.2, 0.25) is 4.34 Å². The Kier molecular flexibility index (Phi) is 7.86. The first kappa shape index (κ1) is 15.0. The molecule has 0 spiro atoms. The Morgan fingerprint density at radius 1 is 1.35 bits per heavy atom. The summed E-state index contributed by atoms with van der Waals surface area (Å²) in [5.41, 5.74) is 0. The Bertz CT molecular complexity index is 303. The maximum Gasteiger partial charge on any atom is 0.0931 e. The van der Waals surface area contributed by atoms with Gasteiger partial charge in [-0.25, -0.2) is 0 Å². The fraction of sp³-hybridized carbons (Fsp3) is 0.692. The molecule has 0 aliphatic carbocycles. The van der Waals surface area contributed by atoms with E-state index in [1.54, 1.807) is 11.3 Å². The molecule has 0 amide bonds. The van der Waals surface area contributed by atoms with E-state index in [0.29, 0.717) is 6.04 Å². The third kappa shape index (κ3) is 6.41. The van der Waals surface area contributed by atoms with Gasteiger partial charge in [-0.2, -0.15) is 0 Å². The molecule has 1 rings (SSSR count). The van der Waals surface area contributed by atoms with Crippen molar-refractivity contribution in [1.29, 1.82) is 0 Å². The zero-order chi connectivity index (χ0) is 12.5. The number of hydrogen-bond acceptors (Lipinski definition) is 3. The predicted octanol–water partition coefficient (Wildman–Crippen LogP) is 3.74. The average molecular weight is 276 g/mol. The van der Waals surface area contributed by atoms with Crippen molar-refractivity contribution < 1.29 is 4.74 Å². The first-order chi connectivity index (χ1) is 8.26. The summed E-state index contributed by atoms with van der Waals surface area (Å²) in [6, 6.07) is 4.47. The van der Waals surface area contributed by atoms with Crippen molar-refractivity contribution in [3.8, 4) is 0 Å². The molecule has 98 valence electrons. The Morgan fingerprint density at radius 3 is 2.76 bits per heavy atom. The molecular formula is C13H22ClNOS. The number of ether oxygens (including phenoxy) is 1. The number of halogens is 1. The lowest BCUT2D eigenvalue weighted by molar-refractivity contribution is 0.112. The third-order valence-corrected chi connectivity index (χ3v) is 3.68. The molecule has 0 fully saturated rings. The van der Waals surface area contributed by atoms with Gasteiger partial charge in [0.25, 0.3) is 0 Å². The molecule has 1 atom stereocenters. The van der Waals surface area contributed by atoms with E-state index in [0.717, 1.165) is 43.4 Å². The highest BCUT2D eigenvalue weighted by molar-refractivity contribution is 7.16. The van der Waals surface area contributed by atoms with E-state index in [1.165, 1.54) is 4.88 Å². The lowest BCUT2D eigenvalue weighted by atomic mass is 10.2. The van der Waals surface area contributed by atoms with Crippen LogP contribution < -0.4 is 5.32 Å². The van der Waals surface area contributed by atoms with Crippen LogP contribution in [-0.2, 0) is 11.2 Å². The van der Waals surface area contributed by atoms with E-state index >= 15 is 0 Å².